The molecule has 0 atom stereocenters. The summed E-state index contributed by atoms with van der Waals surface area (Å²) in [6, 6.07) is 13.8. The van der Waals surface area contributed by atoms with Crippen molar-refractivity contribution in [2.45, 2.75) is 0 Å². The van der Waals surface area contributed by atoms with Gasteiger partial charge in [-0.25, -0.2) is 0 Å². The van der Waals surface area contributed by atoms with Gasteiger partial charge in [-0.15, -0.1) is 0 Å². The second kappa shape index (κ2) is 4.66. The number of aromatic nitrogens is 1. The van der Waals surface area contributed by atoms with Crippen molar-refractivity contribution in [1.82, 2.24) is 4.98 Å². The molecule has 2 aromatic carbocycles. The number of benzene rings is 2. The Morgan fingerprint density at radius 3 is 2.57 bits per heavy atom. The predicted molar refractivity (Wildman–Crippen MR) is 79.9 cm³/mol. The Bertz CT molecular complexity index is 829. The zero-order valence-corrected chi connectivity index (χ0v) is 11.5. The van der Waals surface area contributed by atoms with Crippen LogP contribution in [-0.2, 0) is 0 Å². The average Bonchev–Trinajstić information content (AvgIpc) is 2.99. The lowest BCUT2D eigenvalue weighted by Gasteiger charge is -2.08. The molecule has 4 heteroatoms. The van der Waals surface area contributed by atoms with E-state index in [9.17, 15) is 0 Å². The first-order chi connectivity index (χ1) is 10.3. The molecule has 0 radical (unpaired) electrons. The zero-order chi connectivity index (χ0) is 14.2. The Morgan fingerprint density at radius 2 is 1.76 bits per heavy atom. The summed E-state index contributed by atoms with van der Waals surface area (Å²) in [7, 11) is 1.66. The molecule has 0 unspecified atom stereocenters. The summed E-state index contributed by atoms with van der Waals surface area (Å²) in [6.07, 6.45) is 1.85. The quantitative estimate of drug-likeness (QED) is 0.718. The highest BCUT2D eigenvalue weighted by Crippen LogP contribution is 2.37. The Kier molecular flexibility index (Phi) is 2.67. The number of hydrogen-bond donors (Lipinski definition) is 0. The van der Waals surface area contributed by atoms with Crippen molar-refractivity contribution < 1.29 is 14.2 Å². The maximum Gasteiger partial charge on any atom is 0.231 e. The molecule has 0 fully saturated rings. The SMILES string of the molecule is COc1ccccc1-c1cc2cc3c(cc2cn1)OCO3. The average molecular weight is 279 g/mol. The zero-order valence-electron chi connectivity index (χ0n) is 11.5. The smallest absolute Gasteiger partial charge is 0.231 e. The highest BCUT2D eigenvalue weighted by atomic mass is 16.7. The van der Waals surface area contributed by atoms with E-state index in [1.807, 2.05) is 48.7 Å². The van der Waals surface area contributed by atoms with Crippen LogP contribution >= 0.6 is 0 Å². The van der Waals surface area contributed by atoms with E-state index < -0.39 is 0 Å². The predicted octanol–water partition coefficient (Wildman–Crippen LogP) is 3.64. The topological polar surface area (TPSA) is 40.6 Å². The lowest BCUT2D eigenvalue weighted by molar-refractivity contribution is 0.174. The van der Waals surface area contributed by atoms with E-state index in [0.29, 0.717) is 0 Å². The monoisotopic (exact) mass is 279 g/mol. The standard InChI is InChI=1S/C17H13NO3/c1-19-15-5-3-2-4-13(15)14-6-11-7-16-17(21-10-20-16)8-12(11)9-18-14/h2-9H,10H2,1H3. The fourth-order valence-electron chi connectivity index (χ4n) is 2.54. The summed E-state index contributed by atoms with van der Waals surface area (Å²) in [5.74, 6) is 2.36. The number of hydrogen-bond acceptors (Lipinski definition) is 4. The first-order valence-corrected chi connectivity index (χ1v) is 6.68. The molecule has 2 heterocycles. The van der Waals surface area contributed by atoms with Gasteiger partial charge < -0.3 is 14.2 Å². The Hall–Kier alpha value is -2.75. The fraction of sp³-hybridized carbons (Fsp3) is 0.118. The van der Waals surface area contributed by atoms with Crippen LogP contribution in [0.3, 0.4) is 0 Å². The third kappa shape index (κ3) is 1.96. The molecule has 1 aromatic heterocycles. The fourth-order valence-corrected chi connectivity index (χ4v) is 2.54. The summed E-state index contributed by atoms with van der Waals surface area (Å²) in [6.45, 7) is 0.276. The Morgan fingerprint density at radius 1 is 1.00 bits per heavy atom. The summed E-state index contributed by atoms with van der Waals surface area (Å²) >= 11 is 0. The van der Waals surface area contributed by atoms with E-state index in [-0.39, 0.29) is 6.79 Å². The van der Waals surface area contributed by atoms with Gasteiger partial charge in [0.05, 0.1) is 12.8 Å². The van der Waals surface area contributed by atoms with Gasteiger partial charge in [0.1, 0.15) is 5.75 Å². The molecule has 4 nitrogen and oxygen atoms in total. The van der Waals surface area contributed by atoms with Gasteiger partial charge >= 0.3 is 0 Å². The van der Waals surface area contributed by atoms with Crippen molar-refractivity contribution in [1.29, 1.82) is 0 Å². The summed E-state index contributed by atoms with van der Waals surface area (Å²) < 4.78 is 16.2. The lowest BCUT2D eigenvalue weighted by atomic mass is 10.1. The molecule has 0 spiro atoms. The van der Waals surface area contributed by atoms with Crippen LogP contribution < -0.4 is 14.2 Å². The first kappa shape index (κ1) is 12.0. The molecule has 21 heavy (non-hydrogen) atoms. The second-order valence-corrected chi connectivity index (χ2v) is 4.82. The number of pyridine rings is 1. The van der Waals surface area contributed by atoms with Gasteiger partial charge in [-0.3, -0.25) is 4.98 Å². The molecule has 4 rings (SSSR count). The number of nitrogens with zero attached hydrogens (tertiary/aromatic N) is 1. The van der Waals surface area contributed by atoms with Crippen LogP contribution in [0.15, 0.2) is 48.7 Å². The number of fused-ring (bicyclic) bond motifs is 2. The number of ether oxygens (including phenoxy) is 3. The highest BCUT2D eigenvalue weighted by molar-refractivity contribution is 5.89. The molecule has 1 aliphatic rings. The largest absolute Gasteiger partial charge is 0.496 e. The molecular formula is C17H13NO3. The summed E-state index contributed by atoms with van der Waals surface area (Å²) in [4.78, 5) is 4.53. The van der Waals surface area contributed by atoms with Gasteiger partial charge in [0.15, 0.2) is 11.5 Å². The molecule has 3 aromatic rings. The maximum atomic E-state index is 5.43. The van der Waals surface area contributed by atoms with Crippen LogP contribution in [0.4, 0.5) is 0 Å². The lowest BCUT2D eigenvalue weighted by Crippen LogP contribution is -1.92. The molecule has 0 saturated heterocycles. The van der Waals surface area contributed by atoms with Crippen molar-refractivity contribution in [3.63, 3.8) is 0 Å². The van der Waals surface area contributed by atoms with E-state index >= 15 is 0 Å². The van der Waals surface area contributed by atoms with Crippen molar-refractivity contribution in [3.8, 4) is 28.5 Å². The van der Waals surface area contributed by atoms with Crippen LogP contribution in [-0.4, -0.2) is 18.9 Å². The Labute approximate surface area is 121 Å². The second-order valence-electron chi connectivity index (χ2n) is 4.82. The van der Waals surface area contributed by atoms with Crippen LogP contribution in [0.2, 0.25) is 0 Å². The van der Waals surface area contributed by atoms with Crippen LogP contribution in [0.5, 0.6) is 17.2 Å². The van der Waals surface area contributed by atoms with E-state index in [2.05, 4.69) is 4.98 Å². The minimum absolute atomic E-state index is 0.276. The van der Waals surface area contributed by atoms with Gasteiger partial charge in [-0.05, 0) is 35.7 Å². The van der Waals surface area contributed by atoms with Crippen LogP contribution in [0.1, 0.15) is 0 Å². The first-order valence-electron chi connectivity index (χ1n) is 6.68. The van der Waals surface area contributed by atoms with E-state index in [4.69, 9.17) is 14.2 Å². The minimum Gasteiger partial charge on any atom is -0.496 e. The van der Waals surface area contributed by atoms with E-state index in [1.165, 1.54) is 0 Å². The molecule has 1 aliphatic heterocycles. The highest BCUT2D eigenvalue weighted by Gasteiger charge is 2.15. The number of methoxy groups -OCH3 is 1. The van der Waals surface area contributed by atoms with Crippen molar-refractivity contribution >= 4 is 10.8 Å². The summed E-state index contributed by atoms with van der Waals surface area (Å²) in [5, 5.41) is 2.09. The van der Waals surface area contributed by atoms with E-state index in [1.54, 1.807) is 7.11 Å². The van der Waals surface area contributed by atoms with Gasteiger partial charge in [0, 0.05) is 17.1 Å². The number of para-hydroxylation sites is 1. The summed E-state index contributed by atoms with van der Waals surface area (Å²) in [5.41, 5.74) is 1.85. The van der Waals surface area contributed by atoms with E-state index in [0.717, 1.165) is 39.3 Å². The molecule has 0 saturated carbocycles. The van der Waals surface area contributed by atoms with Crippen LogP contribution in [0.25, 0.3) is 22.0 Å². The number of rotatable bonds is 2. The van der Waals surface area contributed by atoms with Crippen molar-refractivity contribution in [3.05, 3.63) is 48.7 Å². The maximum absolute atomic E-state index is 5.43. The normalized spacial score (nSPS) is 12.6. The van der Waals surface area contributed by atoms with Gasteiger partial charge in [0.2, 0.25) is 6.79 Å². The molecule has 0 N–H and O–H groups in total. The molecule has 0 aliphatic carbocycles. The van der Waals surface area contributed by atoms with Crippen molar-refractivity contribution in [2.75, 3.05) is 13.9 Å². The van der Waals surface area contributed by atoms with Crippen molar-refractivity contribution in [2.24, 2.45) is 0 Å². The third-order valence-corrected chi connectivity index (χ3v) is 3.60. The molecular weight excluding hydrogens is 266 g/mol. The van der Waals surface area contributed by atoms with Gasteiger partial charge in [-0.2, -0.15) is 0 Å². The molecule has 104 valence electrons. The molecule has 0 amide bonds. The molecule has 0 bridgehead atoms. The van der Waals surface area contributed by atoms with Crippen LogP contribution in [0, 0.1) is 0 Å². The van der Waals surface area contributed by atoms with Gasteiger partial charge in [0.25, 0.3) is 0 Å². The van der Waals surface area contributed by atoms with Gasteiger partial charge in [-0.1, -0.05) is 12.1 Å². The Balaban J connectivity index is 1.89. The minimum atomic E-state index is 0.276. The third-order valence-electron chi connectivity index (χ3n) is 3.60.